The van der Waals surface area contributed by atoms with Crippen LogP contribution in [0.3, 0.4) is 0 Å². The second kappa shape index (κ2) is 8.38. The Balaban J connectivity index is 1.66. The molecule has 1 amide bonds. The first-order chi connectivity index (χ1) is 12.6. The van der Waals surface area contributed by atoms with E-state index in [1.807, 2.05) is 6.07 Å². The smallest absolute Gasteiger partial charge is 0.251 e. The average Bonchev–Trinajstić information content (AvgIpc) is 2.66. The number of carbonyl (C=O) groups excluding carboxylic acids is 1. The van der Waals surface area contributed by atoms with Crippen molar-refractivity contribution in [1.29, 1.82) is 0 Å². The van der Waals surface area contributed by atoms with E-state index < -0.39 is 11.6 Å². The summed E-state index contributed by atoms with van der Waals surface area (Å²) in [5.41, 5.74) is 1.25. The number of carbonyl (C=O) groups is 1. The van der Waals surface area contributed by atoms with Crippen molar-refractivity contribution in [3.05, 3.63) is 71.3 Å². The van der Waals surface area contributed by atoms with Crippen LogP contribution in [0.5, 0.6) is 0 Å². The highest BCUT2D eigenvalue weighted by atomic mass is 19.2. The highest BCUT2D eigenvalue weighted by Crippen LogP contribution is 2.20. The lowest BCUT2D eigenvalue weighted by Crippen LogP contribution is -2.53. The van der Waals surface area contributed by atoms with Crippen molar-refractivity contribution >= 4 is 5.91 Å². The molecule has 3 rings (SSSR count). The Morgan fingerprint density at radius 3 is 2.62 bits per heavy atom. The molecule has 6 heteroatoms. The van der Waals surface area contributed by atoms with Gasteiger partial charge in [-0.05, 0) is 42.8 Å². The van der Waals surface area contributed by atoms with Gasteiger partial charge in [0.25, 0.3) is 5.91 Å². The number of hydrogen-bond donors (Lipinski definition) is 2. The lowest BCUT2D eigenvalue weighted by molar-refractivity contribution is 0.0730. The lowest BCUT2D eigenvalue weighted by Gasteiger charge is -2.38. The number of aliphatic hydroxyl groups is 1. The summed E-state index contributed by atoms with van der Waals surface area (Å²) in [6.07, 6.45) is 0.722. The van der Waals surface area contributed by atoms with Gasteiger partial charge in [0.05, 0.1) is 0 Å². The Bertz CT molecular complexity index is 755. The van der Waals surface area contributed by atoms with Crippen LogP contribution in [0, 0.1) is 17.6 Å². The van der Waals surface area contributed by atoms with Gasteiger partial charge >= 0.3 is 0 Å². The number of benzene rings is 2. The van der Waals surface area contributed by atoms with Gasteiger partial charge in [-0.2, -0.15) is 0 Å². The number of likely N-dealkylation sites (tertiary alicyclic amines) is 1. The van der Waals surface area contributed by atoms with Gasteiger partial charge < -0.3 is 10.4 Å². The first-order valence-electron chi connectivity index (χ1n) is 8.70. The minimum Gasteiger partial charge on any atom is -0.396 e. The number of piperidine rings is 1. The van der Waals surface area contributed by atoms with Gasteiger partial charge in [-0.15, -0.1) is 0 Å². The summed E-state index contributed by atoms with van der Waals surface area (Å²) in [5.74, 6) is -1.92. The molecule has 26 heavy (non-hydrogen) atoms. The number of rotatable bonds is 5. The standard InChI is InChI=1S/C20H22F2N2O2/c21-17-7-6-14(10-18(17)22)11-24-9-8-16(13-25)19(12-24)23-20(26)15-4-2-1-3-5-15/h1-7,10,16,19,25H,8-9,11-13H2,(H,23,26)/t16-,19-/m1/s1. The van der Waals surface area contributed by atoms with E-state index in [0.717, 1.165) is 19.0 Å². The third-order valence-electron chi connectivity index (χ3n) is 4.82. The van der Waals surface area contributed by atoms with Gasteiger partial charge in [-0.25, -0.2) is 8.78 Å². The molecule has 2 atom stereocenters. The minimum absolute atomic E-state index is 0.00124. The molecule has 1 heterocycles. The second-order valence-electron chi connectivity index (χ2n) is 6.66. The third-order valence-corrected chi connectivity index (χ3v) is 4.82. The molecule has 2 N–H and O–H groups in total. The van der Waals surface area contributed by atoms with Crippen LogP contribution in [-0.2, 0) is 6.54 Å². The molecular formula is C20H22F2N2O2. The molecule has 0 aliphatic carbocycles. The van der Waals surface area contributed by atoms with Crippen LogP contribution in [0.2, 0.25) is 0 Å². The molecule has 1 saturated heterocycles. The Kier molecular flexibility index (Phi) is 5.96. The van der Waals surface area contributed by atoms with Crippen molar-refractivity contribution in [2.75, 3.05) is 19.7 Å². The first kappa shape index (κ1) is 18.5. The fraction of sp³-hybridized carbons (Fsp3) is 0.350. The molecule has 0 spiro atoms. The monoisotopic (exact) mass is 360 g/mol. The molecule has 1 fully saturated rings. The minimum atomic E-state index is -0.860. The number of aliphatic hydroxyl groups excluding tert-OH is 1. The Hall–Kier alpha value is -2.31. The van der Waals surface area contributed by atoms with Crippen LogP contribution in [0.4, 0.5) is 8.78 Å². The number of halogens is 2. The average molecular weight is 360 g/mol. The van der Waals surface area contributed by atoms with Gasteiger partial charge in [0.15, 0.2) is 11.6 Å². The maximum Gasteiger partial charge on any atom is 0.251 e. The zero-order valence-electron chi connectivity index (χ0n) is 14.4. The fourth-order valence-corrected chi connectivity index (χ4v) is 3.33. The summed E-state index contributed by atoms with van der Waals surface area (Å²) in [6.45, 7) is 1.73. The van der Waals surface area contributed by atoms with E-state index in [1.165, 1.54) is 6.07 Å². The van der Waals surface area contributed by atoms with Crippen LogP contribution in [0.15, 0.2) is 48.5 Å². The van der Waals surface area contributed by atoms with E-state index >= 15 is 0 Å². The number of nitrogens with one attached hydrogen (secondary N) is 1. The Morgan fingerprint density at radius 1 is 1.15 bits per heavy atom. The van der Waals surface area contributed by atoms with Crippen LogP contribution in [-0.4, -0.2) is 41.7 Å². The molecule has 1 aliphatic rings. The van der Waals surface area contributed by atoms with E-state index in [9.17, 15) is 18.7 Å². The van der Waals surface area contributed by atoms with Crippen molar-refractivity contribution in [2.24, 2.45) is 5.92 Å². The van der Waals surface area contributed by atoms with Crippen molar-refractivity contribution < 1.29 is 18.7 Å². The molecule has 0 unspecified atom stereocenters. The van der Waals surface area contributed by atoms with Crippen molar-refractivity contribution in [3.8, 4) is 0 Å². The number of nitrogens with zero attached hydrogens (tertiary/aromatic N) is 1. The normalized spacial score (nSPS) is 20.7. The molecule has 1 aliphatic heterocycles. The van der Waals surface area contributed by atoms with Crippen LogP contribution >= 0.6 is 0 Å². The molecule has 138 valence electrons. The summed E-state index contributed by atoms with van der Waals surface area (Å²) in [4.78, 5) is 14.5. The van der Waals surface area contributed by atoms with Crippen LogP contribution < -0.4 is 5.32 Å². The van der Waals surface area contributed by atoms with Crippen LogP contribution in [0.1, 0.15) is 22.3 Å². The topological polar surface area (TPSA) is 52.6 Å². The molecule has 4 nitrogen and oxygen atoms in total. The van der Waals surface area contributed by atoms with Gasteiger partial charge in [0.2, 0.25) is 0 Å². The summed E-state index contributed by atoms with van der Waals surface area (Å²) in [7, 11) is 0. The molecule has 2 aromatic rings. The van der Waals surface area contributed by atoms with Crippen LogP contribution in [0.25, 0.3) is 0 Å². The van der Waals surface area contributed by atoms with Gasteiger partial charge in [0, 0.05) is 37.2 Å². The maximum atomic E-state index is 13.4. The van der Waals surface area contributed by atoms with Crippen molar-refractivity contribution in [2.45, 2.75) is 19.0 Å². The van der Waals surface area contributed by atoms with Crippen molar-refractivity contribution in [3.63, 3.8) is 0 Å². The van der Waals surface area contributed by atoms with E-state index in [1.54, 1.807) is 30.3 Å². The molecule has 0 bridgehead atoms. The summed E-state index contributed by atoms with van der Waals surface area (Å²) >= 11 is 0. The SMILES string of the molecule is O=C(N[C@@H]1CN(Cc2ccc(F)c(F)c2)CC[C@@H]1CO)c1ccccc1. The zero-order chi connectivity index (χ0) is 18.5. The Morgan fingerprint density at radius 2 is 1.92 bits per heavy atom. The highest BCUT2D eigenvalue weighted by Gasteiger charge is 2.30. The van der Waals surface area contributed by atoms with Gasteiger partial charge in [-0.1, -0.05) is 24.3 Å². The van der Waals surface area contributed by atoms with Crippen molar-refractivity contribution in [1.82, 2.24) is 10.2 Å². The first-order valence-corrected chi connectivity index (χ1v) is 8.70. The number of hydrogen-bond acceptors (Lipinski definition) is 3. The van der Waals surface area contributed by atoms with E-state index in [2.05, 4.69) is 10.2 Å². The summed E-state index contributed by atoms with van der Waals surface area (Å²) in [5, 5.41) is 12.6. The predicted octanol–water partition coefficient (Wildman–Crippen LogP) is 2.58. The zero-order valence-corrected chi connectivity index (χ0v) is 14.4. The quantitative estimate of drug-likeness (QED) is 0.862. The lowest BCUT2D eigenvalue weighted by atomic mass is 9.91. The fourth-order valence-electron chi connectivity index (χ4n) is 3.33. The van der Waals surface area contributed by atoms with Gasteiger partial charge in [0.1, 0.15) is 0 Å². The molecular weight excluding hydrogens is 338 g/mol. The summed E-state index contributed by atoms with van der Waals surface area (Å²) < 4.78 is 26.5. The van der Waals surface area contributed by atoms with E-state index in [0.29, 0.717) is 24.2 Å². The molecule has 0 aromatic heterocycles. The van der Waals surface area contributed by atoms with E-state index in [-0.39, 0.29) is 24.5 Å². The summed E-state index contributed by atoms with van der Waals surface area (Å²) in [6, 6.07) is 12.6. The molecule has 2 aromatic carbocycles. The third kappa shape index (κ3) is 4.45. The maximum absolute atomic E-state index is 13.4. The number of amides is 1. The van der Waals surface area contributed by atoms with Gasteiger partial charge in [-0.3, -0.25) is 9.69 Å². The molecule has 0 radical (unpaired) electrons. The predicted molar refractivity (Wildman–Crippen MR) is 94.5 cm³/mol. The highest BCUT2D eigenvalue weighted by molar-refractivity contribution is 5.94. The molecule has 0 saturated carbocycles. The largest absolute Gasteiger partial charge is 0.396 e. The Labute approximate surface area is 151 Å². The van der Waals surface area contributed by atoms with E-state index in [4.69, 9.17) is 0 Å². The second-order valence-corrected chi connectivity index (χ2v) is 6.66.